The van der Waals surface area contributed by atoms with Crippen LogP contribution in [0.3, 0.4) is 0 Å². The molecule has 19 heavy (non-hydrogen) atoms. The first-order valence-corrected chi connectivity index (χ1v) is 7.57. The Morgan fingerprint density at radius 1 is 1.37 bits per heavy atom. The molecule has 0 aromatic carbocycles. The minimum atomic E-state index is 0.159. The number of nitrogens with one attached hydrogen (secondary N) is 1. The van der Waals surface area contributed by atoms with Gasteiger partial charge in [0.1, 0.15) is 0 Å². The second-order valence-corrected chi connectivity index (χ2v) is 5.35. The molecule has 1 aliphatic carbocycles. The predicted octanol–water partition coefficient (Wildman–Crippen LogP) is 2.31. The fourth-order valence-corrected chi connectivity index (χ4v) is 2.84. The summed E-state index contributed by atoms with van der Waals surface area (Å²) >= 11 is 0. The van der Waals surface area contributed by atoms with Gasteiger partial charge in [0.25, 0.3) is 0 Å². The summed E-state index contributed by atoms with van der Waals surface area (Å²) < 4.78 is 2.07. The van der Waals surface area contributed by atoms with E-state index in [1.807, 2.05) is 6.20 Å². The highest BCUT2D eigenvalue weighted by Crippen LogP contribution is 2.20. The van der Waals surface area contributed by atoms with E-state index >= 15 is 0 Å². The zero-order valence-corrected chi connectivity index (χ0v) is 12.1. The summed E-state index contributed by atoms with van der Waals surface area (Å²) in [6, 6.07) is 0. The Kier molecular flexibility index (Phi) is 5.00. The second-order valence-electron chi connectivity index (χ2n) is 5.35. The summed E-state index contributed by atoms with van der Waals surface area (Å²) in [5, 5.41) is 7.48. The van der Waals surface area contributed by atoms with Crippen LogP contribution in [0.15, 0.2) is 6.20 Å². The number of hydrogen-bond donors (Lipinski definition) is 1. The van der Waals surface area contributed by atoms with Gasteiger partial charge in [-0.25, -0.2) is 0 Å². The molecule has 1 aliphatic rings. The summed E-state index contributed by atoms with van der Waals surface area (Å²) in [7, 11) is 0. The topological polar surface area (TPSA) is 46.9 Å². The van der Waals surface area contributed by atoms with Crippen molar-refractivity contribution in [1.29, 1.82) is 0 Å². The minimum Gasteiger partial charge on any atom is -0.354 e. The highest BCUT2D eigenvalue weighted by atomic mass is 16.1. The second kappa shape index (κ2) is 6.73. The normalized spacial score (nSPS) is 14.5. The van der Waals surface area contributed by atoms with Crippen molar-refractivity contribution < 1.29 is 4.79 Å². The third-order valence-corrected chi connectivity index (χ3v) is 4.12. The Hall–Kier alpha value is -1.32. The van der Waals surface area contributed by atoms with Crippen molar-refractivity contribution in [2.45, 2.75) is 58.9 Å². The predicted molar refractivity (Wildman–Crippen MR) is 76.0 cm³/mol. The maximum absolute atomic E-state index is 11.9. The van der Waals surface area contributed by atoms with Crippen LogP contribution in [0.25, 0.3) is 0 Å². The Morgan fingerprint density at radius 2 is 2.11 bits per heavy atom. The first-order chi connectivity index (χ1) is 9.26. The molecule has 0 saturated heterocycles. The van der Waals surface area contributed by atoms with Gasteiger partial charge in [-0.05, 0) is 44.1 Å². The third-order valence-electron chi connectivity index (χ3n) is 4.12. The molecule has 0 unspecified atom stereocenters. The molecule has 1 heterocycles. The number of carbonyl (C=O) groups is 1. The standard InChI is InChI=1S/C15H25N3O/c1-3-12(4-2)15(19)16-9-10-18-14-8-6-5-7-13(14)11-17-18/h11-12H,3-10H2,1-2H3,(H,16,19). The van der Waals surface area contributed by atoms with Crippen LogP contribution < -0.4 is 5.32 Å². The van der Waals surface area contributed by atoms with Crippen LogP contribution >= 0.6 is 0 Å². The van der Waals surface area contributed by atoms with E-state index in [0.717, 1.165) is 32.2 Å². The molecular weight excluding hydrogens is 238 g/mol. The molecule has 2 rings (SSSR count). The van der Waals surface area contributed by atoms with Crippen LogP contribution in [0.5, 0.6) is 0 Å². The van der Waals surface area contributed by atoms with Gasteiger partial charge in [0.05, 0.1) is 12.7 Å². The van der Waals surface area contributed by atoms with Crippen molar-refractivity contribution in [1.82, 2.24) is 15.1 Å². The number of aromatic nitrogens is 2. The number of fused-ring (bicyclic) bond motifs is 1. The molecule has 1 aromatic heterocycles. The Bertz CT molecular complexity index is 421. The zero-order chi connectivity index (χ0) is 13.7. The van der Waals surface area contributed by atoms with Crippen molar-refractivity contribution >= 4 is 5.91 Å². The van der Waals surface area contributed by atoms with Crippen LogP contribution in [0.2, 0.25) is 0 Å². The molecule has 4 heteroatoms. The minimum absolute atomic E-state index is 0.159. The van der Waals surface area contributed by atoms with Gasteiger partial charge in [-0.2, -0.15) is 5.10 Å². The molecular formula is C15H25N3O. The van der Waals surface area contributed by atoms with E-state index in [4.69, 9.17) is 0 Å². The zero-order valence-electron chi connectivity index (χ0n) is 12.1. The van der Waals surface area contributed by atoms with Gasteiger partial charge in [0.15, 0.2) is 0 Å². The number of aryl methyl sites for hydroxylation is 1. The molecule has 0 fully saturated rings. The molecule has 0 radical (unpaired) electrons. The number of nitrogens with zero attached hydrogens (tertiary/aromatic N) is 2. The van der Waals surface area contributed by atoms with E-state index in [0.29, 0.717) is 6.54 Å². The van der Waals surface area contributed by atoms with Crippen LogP contribution in [0, 0.1) is 5.92 Å². The average Bonchev–Trinajstić information content (AvgIpc) is 2.84. The van der Waals surface area contributed by atoms with E-state index in [2.05, 4.69) is 28.9 Å². The van der Waals surface area contributed by atoms with E-state index in [1.165, 1.54) is 24.1 Å². The smallest absolute Gasteiger partial charge is 0.223 e. The maximum Gasteiger partial charge on any atom is 0.223 e. The molecule has 1 aromatic rings. The molecule has 0 atom stereocenters. The lowest BCUT2D eigenvalue weighted by molar-refractivity contribution is -0.125. The molecule has 0 bridgehead atoms. The average molecular weight is 263 g/mol. The van der Waals surface area contributed by atoms with Crippen molar-refractivity contribution in [2.24, 2.45) is 5.92 Å². The van der Waals surface area contributed by atoms with E-state index in [-0.39, 0.29) is 11.8 Å². The molecule has 0 saturated carbocycles. The van der Waals surface area contributed by atoms with Crippen LogP contribution in [0.4, 0.5) is 0 Å². The third kappa shape index (κ3) is 3.37. The Morgan fingerprint density at radius 3 is 2.84 bits per heavy atom. The van der Waals surface area contributed by atoms with Gasteiger partial charge in [0, 0.05) is 18.2 Å². The summed E-state index contributed by atoms with van der Waals surface area (Å²) in [4.78, 5) is 11.9. The maximum atomic E-state index is 11.9. The van der Waals surface area contributed by atoms with Gasteiger partial charge >= 0.3 is 0 Å². The Balaban J connectivity index is 1.83. The molecule has 0 aliphatic heterocycles. The van der Waals surface area contributed by atoms with Crippen molar-refractivity contribution in [2.75, 3.05) is 6.54 Å². The molecule has 4 nitrogen and oxygen atoms in total. The monoisotopic (exact) mass is 263 g/mol. The SMILES string of the molecule is CCC(CC)C(=O)NCCn1ncc2c1CCCC2. The van der Waals surface area contributed by atoms with Gasteiger partial charge in [-0.15, -0.1) is 0 Å². The summed E-state index contributed by atoms with van der Waals surface area (Å²) in [6.07, 6.45) is 8.67. The number of hydrogen-bond acceptors (Lipinski definition) is 2. The van der Waals surface area contributed by atoms with Crippen molar-refractivity contribution in [3.63, 3.8) is 0 Å². The largest absolute Gasteiger partial charge is 0.354 e. The van der Waals surface area contributed by atoms with Crippen LogP contribution in [-0.4, -0.2) is 22.2 Å². The van der Waals surface area contributed by atoms with Crippen molar-refractivity contribution in [3.8, 4) is 0 Å². The van der Waals surface area contributed by atoms with Crippen molar-refractivity contribution in [3.05, 3.63) is 17.5 Å². The number of carbonyl (C=O) groups excluding carboxylic acids is 1. The number of amides is 1. The van der Waals surface area contributed by atoms with Gasteiger partial charge < -0.3 is 5.32 Å². The summed E-state index contributed by atoms with van der Waals surface area (Å²) in [6.45, 7) is 5.61. The lowest BCUT2D eigenvalue weighted by atomic mass is 9.98. The van der Waals surface area contributed by atoms with Crippen LogP contribution in [0.1, 0.15) is 50.8 Å². The lowest BCUT2D eigenvalue weighted by Gasteiger charge is -2.15. The molecule has 106 valence electrons. The van der Waals surface area contributed by atoms with Gasteiger partial charge in [-0.1, -0.05) is 13.8 Å². The first kappa shape index (κ1) is 14.1. The quantitative estimate of drug-likeness (QED) is 0.856. The van der Waals surface area contributed by atoms with E-state index in [9.17, 15) is 4.79 Å². The summed E-state index contributed by atoms with van der Waals surface area (Å²) in [5.41, 5.74) is 2.78. The first-order valence-electron chi connectivity index (χ1n) is 7.57. The van der Waals surface area contributed by atoms with E-state index < -0.39 is 0 Å². The highest BCUT2D eigenvalue weighted by Gasteiger charge is 2.16. The fourth-order valence-electron chi connectivity index (χ4n) is 2.84. The lowest BCUT2D eigenvalue weighted by Crippen LogP contribution is -2.33. The summed E-state index contributed by atoms with van der Waals surface area (Å²) in [5.74, 6) is 0.345. The van der Waals surface area contributed by atoms with Crippen LogP contribution in [-0.2, 0) is 24.2 Å². The fraction of sp³-hybridized carbons (Fsp3) is 0.733. The number of rotatable bonds is 6. The Labute approximate surface area is 115 Å². The highest BCUT2D eigenvalue weighted by molar-refractivity contribution is 5.78. The molecule has 1 amide bonds. The molecule has 1 N–H and O–H groups in total. The van der Waals surface area contributed by atoms with Gasteiger partial charge in [0.2, 0.25) is 5.91 Å². The van der Waals surface area contributed by atoms with Gasteiger partial charge in [-0.3, -0.25) is 9.48 Å². The van der Waals surface area contributed by atoms with E-state index in [1.54, 1.807) is 0 Å². The molecule has 0 spiro atoms.